The van der Waals surface area contributed by atoms with Crippen LogP contribution in [0.2, 0.25) is 0 Å². The summed E-state index contributed by atoms with van der Waals surface area (Å²) < 4.78 is 7.69. The first-order chi connectivity index (χ1) is 13.5. The van der Waals surface area contributed by atoms with Gasteiger partial charge in [-0.2, -0.15) is 0 Å². The van der Waals surface area contributed by atoms with E-state index in [0.717, 1.165) is 10.7 Å². The number of hydrogen-bond acceptors (Lipinski definition) is 6. The van der Waals surface area contributed by atoms with E-state index in [1.54, 1.807) is 18.2 Å². The Morgan fingerprint density at radius 3 is 2.61 bits per heavy atom. The van der Waals surface area contributed by atoms with Crippen molar-refractivity contribution in [3.05, 3.63) is 91.7 Å². The summed E-state index contributed by atoms with van der Waals surface area (Å²) in [6, 6.07) is 15.7. The highest BCUT2D eigenvalue weighted by atomic mass is 79.9. The Hall–Kier alpha value is -2.84. The average molecular weight is 457 g/mol. The topological polar surface area (TPSA) is 85.3 Å². The Labute approximate surface area is 171 Å². The SMILES string of the molecule is O=c1cc(CSc2nc3ccccc3c(=O)n2-c2ccc(Br)cc2)occ1O. The molecular formula is C20H13BrN2O4S. The number of benzene rings is 2. The molecule has 2 heterocycles. The van der Waals surface area contributed by atoms with E-state index in [2.05, 4.69) is 20.9 Å². The molecule has 2 aromatic carbocycles. The van der Waals surface area contributed by atoms with Gasteiger partial charge in [0.2, 0.25) is 5.43 Å². The minimum Gasteiger partial charge on any atom is -0.502 e. The summed E-state index contributed by atoms with van der Waals surface area (Å²) in [6.45, 7) is 0. The zero-order valence-electron chi connectivity index (χ0n) is 14.3. The summed E-state index contributed by atoms with van der Waals surface area (Å²) in [6.07, 6.45) is 1.01. The quantitative estimate of drug-likeness (QED) is 0.367. The van der Waals surface area contributed by atoms with Crippen LogP contribution in [0.3, 0.4) is 0 Å². The zero-order valence-corrected chi connectivity index (χ0v) is 16.7. The van der Waals surface area contributed by atoms with Crippen molar-refractivity contribution in [2.24, 2.45) is 0 Å². The molecule has 0 aliphatic heterocycles. The third-order valence-corrected chi connectivity index (χ3v) is 5.53. The molecule has 28 heavy (non-hydrogen) atoms. The molecule has 1 N–H and O–H groups in total. The molecule has 140 valence electrons. The first-order valence-corrected chi connectivity index (χ1v) is 10.0. The van der Waals surface area contributed by atoms with E-state index >= 15 is 0 Å². The van der Waals surface area contributed by atoms with Crippen LogP contribution < -0.4 is 11.0 Å². The zero-order chi connectivity index (χ0) is 19.7. The Kier molecular flexibility index (Phi) is 5.06. The molecule has 0 unspecified atom stereocenters. The van der Waals surface area contributed by atoms with Crippen molar-refractivity contribution in [3.63, 3.8) is 0 Å². The number of para-hydroxylation sites is 1. The smallest absolute Gasteiger partial charge is 0.266 e. The van der Waals surface area contributed by atoms with Gasteiger partial charge in [-0.1, -0.05) is 39.8 Å². The monoisotopic (exact) mass is 456 g/mol. The van der Waals surface area contributed by atoms with Crippen LogP contribution in [-0.2, 0) is 5.75 Å². The van der Waals surface area contributed by atoms with E-state index < -0.39 is 11.2 Å². The van der Waals surface area contributed by atoms with Gasteiger partial charge >= 0.3 is 0 Å². The lowest BCUT2D eigenvalue weighted by molar-refractivity contribution is 0.419. The Bertz CT molecular complexity index is 1280. The normalized spacial score (nSPS) is 11.0. The van der Waals surface area contributed by atoms with E-state index in [9.17, 15) is 14.7 Å². The van der Waals surface area contributed by atoms with Crippen molar-refractivity contribution in [3.8, 4) is 11.4 Å². The second kappa shape index (κ2) is 7.65. The fraction of sp³-hybridized carbons (Fsp3) is 0.0500. The molecule has 0 bridgehead atoms. The minimum absolute atomic E-state index is 0.178. The second-order valence-corrected chi connectivity index (χ2v) is 7.77. The average Bonchev–Trinajstić information content (AvgIpc) is 2.70. The van der Waals surface area contributed by atoms with Gasteiger partial charge in [0.05, 0.1) is 22.3 Å². The van der Waals surface area contributed by atoms with Crippen LogP contribution in [0, 0.1) is 0 Å². The van der Waals surface area contributed by atoms with E-state index in [4.69, 9.17) is 4.42 Å². The summed E-state index contributed by atoms with van der Waals surface area (Å²) in [4.78, 5) is 29.4. The van der Waals surface area contributed by atoms with Crippen molar-refractivity contribution in [1.29, 1.82) is 0 Å². The first-order valence-electron chi connectivity index (χ1n) is 8.24. The van der Waals surface area contributed by atoms with Crippen LogP contribution in [0.5, 0.6) is 5.75 Å². The highest BCUT2D eigenvalue weighted by Crippen LogP contribution is 2.25. The van der Waals surface area contributed by atoms with Gasteiger partial charge in [-0.05, 0) is 36.4 Å². The molecule has 0 saturated heterocycles. The number of nitrogens with zero attached hydrogens (tertiary/aromatic N) is 2. The summed E-state index contributed by atoms with van der Waals surface area (Å²) in [7, 11) is 0. The predicted octanol–water partition coefficient (Wildman–Crippen LogP) is 4.10. The van der Waals surface area contributed by atoms with Crippen LogP contribution in [-0.4, -0.2) is 14.7 Å². The van der Waals surface area contributed by atoms with Crippen LogP contribution in [0.4, 0.5) is 0 Å². The Morgan fingerprint density at radius 2 is 1.86 bits per heavy atom. The number of fused-ring (bicyclic) bond motifs is 1. The fourth-order valence-electron chi connectivity index (χ4n) is 2.68. The lowest BCUT2D eigenvalue weighted by Gasteiger charge is -2.13. The number of rotatable bonds is 4. The summed E-state index contributed by atoms with van der Waals surface area (Å²) >= 11 is 4.67. The molecule has 0 radical (unpaired) electrons. The van der Waals surface area contributed by atoms with Crippen LogP contribution in [0.25, 0.3) is 16.6 Å². The molecule has 0 amide bonds. The van der Waals surface area contributed by atoms with E-state index in [-0.39, 0.29) is 11.3 Å². The predicted molar refractivity (Wildman–Crippen MR) is 111 cm³/mol. The number of hydrogen-bond donors (Lipinski definition) is 1. The van der Waals surface area contributed by atoms with Crippen LogP contribution >= 0.6 is 27.7 Å². The number of thioether (sulfide) groups is 1. The lowest BCUT2D eigenvalue weighted by Crippen LogP contribution is -2.21. The molecule has 6 nitrogen and oxygen atoms in total. The maximum Gasteiger partial charge on any atom is 0.266 e. The number of halogens is 1. The van der Waals surface area contributed by atoms with Gasteiger partial charge < -0.3 is 9.52 Å². The van der Waals surface area contributed by atoms with Crippen molar-refractivity contribution < 1.29 is 9.52 Å². The summed E-state index contributed by atoms with van der Waals surface area (Å²) in [5.41, 5.74) is 0.581. The molecular weight excluding hydrogens is 444 g/mol. The Balaban J connectivity index is 1.82. The van der Waals surface area contributed by atoms with E-state index in [0.29, 0.717) is 27.5 Å². The van der Waals surface area contributed by atoms with Gasteiger partial charge in [-0.15, -0.1) is 0 Å². The molecule has 0 spiro atoms. The molecule has 2 aromatic heterocycles. The Morgan fingerprint density at radius 1 is 1.11 bits per heavy atom. The fourth-order valence-corrected chi connectivity index (χ4v) is 3.85. The molecule has 0 saturated carbocycles. The first kappa shape index (κ1) is 18.5. The van der Waals surface area contributed by atoms with Gasteiger partial charge in [-0.3, -0.25) is 14.2 Å². The largest absolute Gasteiger partial charge is 0.502 e. The van der Waals surface area contributed by atoms with Gasteiger partial charge in [-0.25, -0.2) is 4.98 Å². The van der Waals surface area contributed by atoms with Gasteiger partial charge in [0.25, 0.3) is 5.56 Å². The van der Waals surface area contributed by atoms with Gasteiger partial charge in [0, 0.05) is 10.5 Å². The summed E-state index contributed by atoms with van der Waals surface area (Å²) in [5, 5.41) is 10.3. The molecule has 0 aliphatic carbocycles. The van der Waals surface area contributed by atoms with Crippen LogP contribution in [0.1, 0.15) is 5.76 Å². The van der Waals surface area contributed by atoms with Crippen molar-refractivity contribution >= 4 is 38.6 Å². The van der Waals surface area contributed by atoms with Crippen molar-refractivity contribution in [1.82, 2.24) is 9.55 Å². The minimum atomic E-state index is -0.515. The van der Waals surface area contributed by atoms with Crippen LogP contribution in [0.15, 0.2) is 84.5 Å². The molecule has 4 rings (SSSR count). The van der Waals surface area contributed by atoms with Crippen molar-refractivity contribution in [2.45, 2.75) is 10.9 Å². The number of aromatic hydroxyl groups is 1. The van der Waals surface area contributed by atoms with E-state index in [1.165, 1.54) is 22.4 Å². The molecule has 0 atom stereocenters. The molecule has 0 fully saturated rings. The van der Waals surface area contributed by atoms with Gasteiger partial charge in [0.15, 0.2) is 10.9 Å². The van der Waals surface area contributed by atoms with Gasteiger partial charge in [0.1, 0.15) is 12.0 Å². The third kappa shape index (κ3) is 3.61. The molecule has 8 heteroatoms. The van der Waals surface area contributed by atoms with E-state index in [1.807, 2.05) is 30.3 Å². The highest BCUT2D eigenvalue weighted by Gasteiger charge is 2.14. The number of aromatic nitrogens is 2. The molecule has 0 aliphatic rings. The lowest BCUT2D eigenvalue weighted by atomic mass is 10.2. The standard InChI is InChI=1S/C20H13BrN2O4S/c21-12-5-7-13(8-6-12)23-19(26)15-3-1-2-4-16(15)22-20(23)28-11-14-9-17(24)18(25)10-27-14/h1-10,25H,11H2. The maximum absolute atomic E-state index is 13.1. The van der Waals surface area contributed by atoms with Crippen molar-refractivity contribution in [2.75, 3.05) is 0 Å². The molecule has 4 aromatic rings. The highest BCUT2D eigenvalue weighted by molar-refractivity contribution is 9.10. The summed E-state index contributed by atoms with van der Waals surface area (Å²) in [5.74, 6) is 0.207. The maximum atomic E-state index is 13.1. The second-order valence-electron chi connectivity index (χ2n) is 5.91. The third-order valence-electron chi connectivity index (χ3n) is 4.04.